The Labute approximate surface area is 109 Å². The molecular formula is C14H13F2NS. The van der Waals surface area contributed by atoms with E-state index in [-0.39, 0.29) is 18.2 Å². The quantitative estimate of drug-likeness (QED) is 0.853. The highest BCUT2D eigenvalue weighted by Gasteiger charge is 2.08. The van der Waals surface area contributed by atoms with Crippen molar-refractivity contribution in [3.05, 3.63) is 65.2 Å². The average Bonchev–Trinajstić information content (AvgIpc) is 2.39. The molecule has 94 valence electrons. The minimum absolute atomic E-state index is 0.171. The molecule has 0 saturated heterocycles. The molecule has 0 heterocycles. The molecule has 0 aromatic heterocycles. The summed E-state index contributed by atoms with van der Waals surface area (Å²) >= 11 is 1.28. The lowest BCUT2D eigenvalue weighted by molar-refractivity contribution is 0.598. The van der Waals surface area contributed by atoms with Crippen LogP contribution in [-0.2, 0) is 12.3 Å². The number of benzene rings is 2. The molecule has 0 aliphatic rings. The lowest BCUT2D eigenvalue weighted by Crippen LogP contribution is -2.02. The lowest BCUT2D eigenvalue weighted by atomic mass is 10.1. The van der Waals surface area contributed by atoms with Crippen LogP contribution in [0.1, 0.15) is 11.1 Å². The third kappa shape index (κ3) is 2.89. The minimum Gasteiger partial charge on any atom is -0.326 e. The van der Waals surface area contributed by atoms with E-state index < -0.39 is 0 Å². The van der Waals surface area contributed by atoms with Crippen molar-refractivity contribution >= 4 is 11.8 Å². The van der Waals surface area contributed by atoms with Gasteiger partial charge in [0.2, 0.25) is 0 Å². The van der Waals surface area contributed by atoms with E-state index in [1.165, 1.54) is 17.8 Å². The van der Waals surface area contributed by atoms with E-state index in [1.54, 1.807) is 36.4 Å². The summed E-state index contributed by atoms with van der Waals surface area (Å²) in [5.74, 6) is -0.178. The van der Waals surface area contributed by atoms with Gasteiger partial charge in [-0.1, -0.05) is 30.3 Å². The van der Waals surface area contributed by atoms with Gasteiger partial charge in [-0.25, -0.2) is 8.78 Å². The molecule has 0 aliphatic heterocycles. The summed E-state index contributed by atoms with van der Waals surface area (Å²) in [5.41, 5.74) is 6.48. The zero-order chi connectivity index (χ0) is 13.0. The first-order valence-electron chi connectivity index (χ1n) is 5.56. The molecule has 0 fully saturated rings. The van der Waals surface area contributed by atoms with E-state index in [9.17, 15) is 8.78 Å². The fraction of sp³-hybridized carbons (Fsp3) is 0.143. The molecule has 4 heteroatoms. The predicted molar refractivity (Wildman–Crippen MR) is 70.3 cm³/mol. The van der Waals surface area contributed by atoms with Crippen LogP contribution in [0.2, 0.25) is 0 Å². The summed E-state index contributed by atoms with van der Waals surface area (Å²) in [6.45, 7) is 0.171. The average molecular weight is 265 g/mol. The normalized spacial score (nSPS) is 10.6. The molecule has 0 unspecified atom stereocenters. The maximum atomic E-state index is 13.9. The molecule has 0 amide bonds. The van der Waals surface area contributed by atoms with Crippen LogP contribution in [0.4, 0.5) is 8.78 Å². The van der Waals surface area contributed by atoms with E-state index in [0.29, 0.717) is 21.8 Å². The Kier molecular flexibility index (Phi) is 4.33. The van der Waals surface area contributed by atoms with Crippen LogP contribution >= 0.6 is 11.8 Å². The Balaban J connectivity index is 2.14. The highest BCUT2D eigenvalue weighted by atomic mass is 32.2. The first kappa shape index (κ1) is 13.1. The molecule has 2 N–H and O–H groups in total. The van der Waals surface area contributed by atoms with Crippen molar-refractivity contribution in [2.75, 3.05) is 0 Å². The van der Waals surface area contributed by atoms with Crippen molar-refractivity contribution in [3.63, 3.8) is 0 Å². The number of hydrogen-bond donors (Lipinski definition) is 1. The maximum Gasteiger partial charge on any atom is 0.136 e. The van der Waals surface area contributed by atoms with Crippen molar-refractivity contribution in [2.24, 2.45) is 5.73 Å². The van der Waals surface area contributed by atoms with E-state index in [2.05, 4.69) is 0 Å². The smallest absolute Gasteiger partial charge is 0.136 e. The molecule has 18 heavy (non-hydrogen) atoms. The summed E-state index contributed by atoms with van der Waals surface area (Å²) in [4.78, 5) is 0.523. The van der Waals surface area contributed by atoms with E-state index in [1.807, 2.05) is 0 Å². The molecule has 0 spiro atoms. The summed E-state index contributed by atoms with van der Waals surface area (Å²) in [6, 6.07) is 11.6. The minimum atomic E-state index is -0.288. The van der Waals surface area contributed by atoms with Crippen LogP contribution in [-0.4, -0.2) is 0 Å². The molecule has 2 aromatic rings. The van der Waals surface area contributed by atoms with Crippen molar-refractivity contribution < 1.29 is 8.78 Å². The van der Waals surface area contributed by atoms with Gasteiger partial charge in [-0.2, -0.15) is 0 Å². The lowest BCUT2D eigenvalue weighted by Gasteiger charge is -2.07. The van der Waals surface area contributed by atoms with Gasteiger partial charge in [0.25, 0.3) is 0 Å². The van der Waals surface area contributed by atoms with Crippen LogP contribution in [0.5, 0.6) is 0 Å². The Bertz CT molecular complexity index is 543. The zero-order valence-electron chi connectivity index (χ0n) is 9.70. The number of hydrogen-bond acceptors (Lipinski definition) is 2. The van der Waals surface area contributed by atoms with Gasteiger partial charge in [-0.15, -0.1) is 11.8 Å². The second-order valence-electron chi connectivity index (χ2n) is 3.81. The van der Waals surface area contributed by atoms with E-state index >= 15 is 0 Å². The number of nitrogens with two attached hydrogens (primary N) is 1. The predicted octanol–water partition coefficient (Wildman–Crippen LogP) is 3.72. The molecule has 0 radical (unpaired) electrons. The highest BCUT2D eigenvalue weighted by Crippen LogP contribution is 2.26. The van der Waals surface area contributed by atoms with Crippen LogP contribution < -0.4 is 5.73 Å². The van der Waals surface area contributed by atoms with Gasteiger partial charge >= 0.3 is 0 Å². The molecule has 0 aliphatic carbocycles. The van der Waals surface area contributed by atoms with Gasteiger partial charge in [-0.05, 0) is 17.7 Å². The second kappa shape index (κ2) is 5.98. The first-order chi connectivity index (χ1) is 8.72. The van der Waals surface area contributed by atoms with Crippen molar-refractivity contribution in [1.29, 1.82) is 0 Å². The molecule has 2 rings (SSSR count). The zero-order valence-corrected chi connectivity index (χ0v) is 10.5. The van der Waals surface area contributed by atoms with Gasteiger partial charge in [0, 0.05) is 22.8 Å². The Morgan fingerprint density at radius 3 is 2.39 bits per heavy atom. The van der Waals surface area contributed by atoms with Crippen molar-refractivity contribution in [2.45, 2.75) is 17.2 Å². The number of thioether (sulfide) groups is 1. The van der Waals surface area contributed by atoms with Crippen LogP contribution in [0.15, 0.2) is 47.4 Å². The third-order valence-electron chi connectivity index (χ3n) is 2.60. The summed E-state index contributed by atoms with van der Waals surface area (Å²) < 4.78 is 27.3. The summed E-state index contributed by atoms with van der Waals surface area (Å²) in [5, 5.41) is 0. The fourth-order valence-corrected chi connectivity index (χ4v) is 2.53. The van der Waals surface area contributed by atoms with Gasteiger partial charge in [0.05, 0.1) is 0 Å². The van der Waals surface area contributed by atoms with Gasteiger partial charge in [0.15, 0.2) is 0 Å². The molecule has 1 nitrogen and oxygen atoms in total. The largest absolute Gasteiger partial charge is 0.326 e. The molecule has 2 aromatic carbocycles. The topological polar surface area (TPSA) is 26.0 Å². The monoisotopic (exact) mass is 265 g/mol. The van der Waals surface area contributed by atoms with Crippen LogP contribution in [0.3, 0.4) is 0 Å². The summed E-state index contributed by atoms with van der Waals surface area (Å²) in [7, 11) is 0. The number of rotatable bonds is 4. The van der Waals surface area contributed by atoms with Crippen molar-refractivity contribution in [1.82, 2.24) is 0 Å². The van der Waals surface area contributed by atoms with Crippen LogP contribution in [0, 0.1) is 11.6 Å². The Hall–Kier alpha value is -1.39. The maximum absolute atomic E-state index is 13.9. The second-order valence-corrected chi connectivity index (χ2v) is 4.83. The molecule has 0 bridgehead atoms. The first-order valence-corrected chi connectivity index (χ1v) is 6.54. The molecular weight excluding hydrogens is 252 g/mol. The van der Waals surface area contributed by atoms with E-state index in [4.69, 9.17) is 5.73 Å². The number of halogens is 2. The van der Waals surface area contributed by atoms with Gasteiger partial charge in [0.1, 0.15) is 11.6 Å². The van der Waals surface area contributed by atoms with Gasteiger partial charge in [-0.3, -0.25) is 0 Å². The Morgan fingerprint density at radius 1 is 0.944 bits per heavy atom. The molecule has 0 saturated carbocycles. The molecule has 0 atom stereocenters. The highest BCUT2D eigenvalue weighted by molar-refractivity contribution is 7.98. The fourth-order valence-electron chi connectivity index (χ4n) is 1.62. The van der Waals surface area contributed by atoms with Gasteiger partial charge < -0.3 is 5.73 Å². The van der Waals surface area contributed by atoms with Crippen molar-refractivity contribution in [3.8, 4) is 0 Å². The van der Waals surface area contributed by atoms with Crippen LogP contribution in [0.25, 0.3) is 0 Å². The Morgan fingerprint density at radius 2 is 1.67 bits per heavy atom. The summed E-state index contributed by atoms with van der Waals surface area (Å²) in [6.07, 6.45) is 0. The standard InChI is InChI=1S/C14H13F2NS/c15-12-6-1-2-7-13(12)18-9-11-5-3-4-10(8-17)14(11)16/h1-7H,8-9,17H2. The third-order valence-corrected chi connectivity index (χ3v) is 3.70. The van der Waals surface area contributed by atoms with E-state index in [0.717, 1.165) is 0 Å². The SMILES string of the molecule is NCc1cccc(CSc2ccccc2F)c1F.